The van der Waals surface area contributed by atoms with Crippen molar-refractivity contribution in [3.8, 4) is 0 Å². The normalized spacial score (nSPS) is 19.2. The quantitative estimate of drug-likeness (QED) is 0.561. The lowest BCUT2D eigenvalue weighted by Crippen LogP contribution is -2.34. The summed E-state index contributed by atoms with van der Waals surface area (Å²) in [6.07, 6.45) is 3.03. The molecule has 3 rings (SSSR count). The third kappa shape index (κ3) is 4.97. The number of esters is 1. The molecule has 0 unspecified atom stereocenters. The number of benzene rings is 2. The Hall–Kier alpha value is -2.93. The molecule has 2 atom stereocenters. The van der Waals surface area contributed by atoms with Crippen molar-refractivity contribution in [2.45, 2.75) is 26.2 Å². The SMILES string of the molecule is CCOC(=O)[C@@H]1C(=O)C=C(c2cccc(NS(C)(=O)=O)c2)C[C@H]1c1ccccc1C. The first-order valence-electron chi connectivity index (χ1n) is 9.74. The monoisotopic (exact) mass is 427 g/mol. The average Bonchev–Trinajstić information content (AvgIpc) is 2.66. The molecule has 0 saturated heterocycles. The number of hydrogen-bond donors (Lipinski definition) is 1. The molecular weight excluding hydrogens is 402 g/mol. The summed E-state index contributed by atoms with van der Waals surface area (Å²) in [5, 5.41) is 0. The van der Waals surface area contributed by atoms with Crippen LogP contribution in [0.15, 0.2) is 54.6 Å². The zero-order chi connectivity index (χ0) is 21.9. The van der Waals surface area contributed by atoms with E-state index >= 15 is 0 Å². The molecule has 0 heterocycles. The third-order valence-corrected chi connectivity index (χ3v) is 5.74. The minimum atomic E-state index is -3.42. The highest BCUT2D eigenvalue weighted by atomic mass is 32.2. The van der Waals surface area contributed by atoms with E-state index < -0.39 is 21.9 Å². The van der Waals surface area contributed by atoms with E-state index in [1.165, 1.54) is 6.08 Å². The van der Waals surface area contributed by atoms with Crippen LogP contribution >= 0.6 is 0 Å². The Kier molecular flexibility index (Phi) is 6.41. The Morgan fingerprint density at radius 1 is 1.17 bits per heavy atom. The van der Waals surface area contributed by atoms with Gasteiger partial charge in [0.25, 0.3) is 0 Å². The van der Waals surface area contributed by atoms with Crippen LogP contribution in [0.5, 0.6) is 0 Å². The second-order valence-electron chi connectivity index (χ2n) is 7.42. The molecule has 158 valence electrons. The molecule has 0 radical (unpaired) electrons. The number of ketones is 1. The van der Waals surface area contributed by atoms with Crippen LogP contribution in [0.2, 0.25) is 0 Å². The Balaban J connectivity index is 2.03. The Labute approximate surface area is 177 Å². The number of allylic oxidation sites excluding steroid dienone is 2. The number of hydrogen-bond acceptors (Lipinski definition) is 5. The third-order valence-electron chi connectivity index (χ3n) is 5.13. The summed E-state index contributed by atoms with van der Waals surface area (Å²) < 4.78 is 30.8. The zero-order valence-electron chi connectivity index (χ0n) is 17.2. The van der Waals surface area contributed by atoms with Crippen LogP contribution in [0.1, 0.15) is 36.0 Å². The van der Waals surface area contributed by atoms with E-state index in [1.54, 1.807) is 25.1 Å². The lowest BCUT2D eigenvalue weighted by Gasteiger charge is -2.30. The lowest BCUT2D eigenvalue weighted by molar-refractivity contribution is -0.151. The molecule has 0 saturated carbocycles. The van der Waals surface area contributed by atoms with E-state index in [1.807, 2.05) is 37.3 Å². The predicted octanol–water partition coefficient (Wildman–Crippen LogP) is 3.69. The van der Waals surface area contributed by atoms with Gasteiger partial charge in [-0.25, -0.2) is 8.42 Å². The number of carbonyl (C=O) groups excluding carboxylic acids is 2. The maximum absolute atomic E-state index is 13.0. The van der Waals surface area contributed by atoms with Gasteiger partial charge in [-0.15, -0.1) is 0 Å². The number of ether oxygens (including phenoxy) is 1. The first-order chi connectivity index (χ1) is 14.2. The van der Waals surface area contributed by atoms with Gasteiger partial charge >= 0.3 is 5.97 Å². The highest BCUT2D eigenvalue weighted by Gasteiger charge is 2.40. The molecule has 7 heteroatoms. The summed E-state index contributed by atoms with van der Waals surface area (Å²) in [7, 11) is -3.42. The number of nitrogens with one attached hydrogen (secondary N) is 1. The molecule has 0 amide bonds. The van der Waals surface area contributed by atoms with Gasteiger partial charge in [0.05, 0.1) is 12.9 Å². The fourth-order valence-corrected chi connectivity index (χ4v) is 4.43. The Bertz CT molecular complexity index is 1100. The highest BCUT2D eigenvalue weighted by Crippen LogP contribution is 2.41. The first kappa shape index (κ1) is 21.8. The molecule has 1 aliphatic carbocycles. The predicted molar refractivity (Wildman–Crippen MR) is 117 cm³/mol. The summed E-state index contributed by atoms with van der Waals surface area (Å²) in [6.45, 7) is 3.88. The number of anilines is 1. The molecule has 0 aromatic heterocycles. The van der Waals surface area contributed by atoms with Crippen LogP contribution in [-0.4, -0.2) is 33.0 Å². The van der Waals surface area contributed by atoms with Gasteiger partial charge in [0, 0.05) is 11.6 Å². The summed E-state index contributed by atoms with van der Waals surface area (Å²) in [4.78, 5) is 25.6. The summed E-state index contributed by atoms with van der Waals surface area (Å²) in [5.74, 6) is -2.07. The van der Waals surface area contributed by atoms with Crippen molar-refractivity contribution >= 4 is 33.0 Å². The summed E-state index contributed by atoms with van der Waals surface area (Å²) in [5.41, 5.74) is 3.84. The Morgan fingerprint density at radius 3 is 2.57 bits per heavy atom. The van der Waals surface area contributed by atoms with E-state index in [9.17, 15) is 18.0 Å². The number of sulfonamides is 1. The maximum atomic E-state index is 13.0. The topological polar surface area (TPSA) is 89.5 Å². The minimum Gasteiger partial charge on any atom is -0.465 e. The van der Waals surface area contributed by atoms with Gasteiger partial charge in [-0.1, -0.05) is 36.4 Å². The van der Waals surface area contributed by atoms with Crippen molar-refractivity contribution < 1.29 is 22.7 Å². The van der Waals surface area contributed by atoms with Crippen LogP contribution in [0.4, 0.5) is 5.69 Å². The molecule has 0 aliphatic heterocycles. The number of carbonyl (C=O) groups is 2. The molecule has 0 spiro atoms. The molecule has 1 aliphatic rings. The van der Waals surface area contributed by atoms with Gasteiger partial charge in [0.2, 0.25) is 10.0 Å². The summed E-state index contributed by atoms with van der Waals surface area (Å²) in [6, 6.07) is 14.6. The van der Waals surface area contributed by atoms with Crippen LogP contribution in [0, 0.1) is 12.8 Å². The molecule has 2 aromatic rings. The highest BCUT2D eigenvalue weighted by molar-refractivity contribution is 7.92. The van der Waals surface area contributed by atoms with Gasteiger partial charge in [0.1, 0.15) is 5.92 Å². The van der Waals surface area contributed by atoms with Crippen LogP contribution in [-0.2, 0) is 24.3 Å². The van der Waals surface area contributed by atoms with Crippen LogP contribution in [0.3, 0.4) is 0 Å². The van der Waals surface area contributed by atoms with Crippen molar-refractivity contribution in [2.24, 2.45) is 5.92 Å². The van der Waals surface area contributed by atoms with Gasteiger partial charge in [0.15, 0.2) is 5.78 Å². The van der Waals surface area contributed by atoms with Crippen molar-refractivity contribution in [1.82, 2.24) is 0 Å². The second kappa shape index (κ2) is 8.83. The van der Waals surface area contributed by atoms with Crippen LogP contribution < -0.4 is 4.72 Å². The molecule has 2 aromatic carbocycles. The number of rotatable bonds is 6. The molecule has 0 bridgehead atoms. The molecule has 0 fully saturated rings. The second-order valence-corrected chi connectivity index (χ2v) is 9.17. The molecule has 1 N–H and O–H groups in total. The van der Waals surface area contributed by atoms with Gasteiger partial charge < -0.3 is 4.74 Å². The van der Waals surface area contributed by atoms with Gasteiger partial charge in [-0.2, -0.15) is 0 Å². The van der Waals surface area contributed by atoms with Gasteiger partial charge in [-0.05, 0) is 60.7 Å². The first-order valence-corrected chi connectivity index (χ1v) is 11.6. The molecule has 6 nitrogen and oxygen atoms in total. The molecular formula is C23H25NO5S. The lowest BCUT2D eigenvalue weighted by atomic mass is 9.72. The van der Waals surface area contributed by atoms with Gasteiger partial charge in [-0.3, -0.25) is 14.3 Å². The van der Waals surface area contributed by atoms with E-state index in [2.05, 4.69) is 4.72 Å². The largest absolute Gasteiger partial charge is 0.465 e. The van der Waals surface area contributed by atoms with E-state index in [0.717, 1.165) is 28.5 Å². The molecule has 30 heavy (non-hydrogen) atoms. The fraction of sp³-hybridized carbons (Fsp3) is 0.304. The van der Waals surface area contributed by atoms with Crippen molar-refractivity contribution in [3.63, 3.8) is 0 Å². The number of aryl methyl sites for hydroxylation is 1. The minimum absolute atomic E-state index is 0.207. The average molecular weight is 428 g/mol. The van der Waals surface area contributed by atoms with Crippen molar-refractivity contribution in [2.75, 3.05) is 17.6 Å². The van der Waals surface area contributed by atoms with Crippen LogP contribution in [0.25, 0.3) is 5.57 Å². The fourth-order valence-electron chi connectivity index (χ4n) is 3.88. The Morgan fingerprint density at radius 2 is 1.90 bits per heavy atom. The van der Waals surface area contributed by atoms with Crippen molar-refractivity contribution in [3.05, 3.63) is 71.3 Å². The standard InChI is InChI=1S/C23H25NO5S/c1-4-29-23(26)22-20(19-11-6-5-8-15(19)2)13-17(14-21(22)25)16-9-7-10-18(12-16)24-30(3,27)28/h5-12,14,20,22,24H,4,13H2,1-3H3/t20-,22-/m0/s1. The van der Waals surface area contributed by atoms with E-state index in [4.69, 9.17) is 4.74 Å². The zero-order valence-corrected chi connectivity index (χ0v) is 18.0. The smallest absolute Gasteiger partial charge is 0.317 e. The maximum Gasteiger partial charge on any atom is 0.317 e. The van der Waals surface area contributed by atoms with E-state index in [-0.39, 0.29) is 18.3 Å². The van der Waals surface area contributed by atoms with Crippen molar-refractivity contribution in [1.29, 1.82) is 0 Å². The van der Waals surface area contributed by atoms with E-state index in [0.29, 0.717) is 12.1 Å². The summed E-state index contributed by atoms with van der Waals surface area (Å²) >= 11 is 0.